The predicted molar refractivity (Wildman–Crippen MR) is 210 cm³/mol. The van der Waals surface area contributed by atoms with E-state index in [9.17, 15) is 6.85 Å². The van der Waals surface area contributed by atoms with Crippen molar-refractivity contribution in [2.24, 2.45) is 0 Å². The van der Waals surface area contributed by atoms with E-state index < -0.39 is 124 Å². The standard InChI is InChI=1S/C46H29NOS/c1-2-12-32(13-3-1)45-35-14-5-4-11-30(35)23-27-36(45)31-21-24-33(25-22-31)47(34-26-28-38-37-15-6-8-19-42(37)48-43(38)29-34)41-18-10-17-40-39-16-7-9-20-44(39)49-46(40)41/h1-29H/i1D,2D,3D,4D,5D,11D,12D,13D,14D,21D,22D,23D,24D,25D,27D. The van der Waals surface area contributed by atoms with Crippen LogP contribution in [0.3, 0.4) is 0 Å². The van der Waals surface area contributed by atoms with E-state index in [1.165, 1.54) is 11.3 Å². The summed E-state index contributed by atoms with van der Waals surface area (Å²) in [6, 6.07) is 15.1. The molecule has 0 aliphatic carbocycles. The van der Waals surface area contributed by atoms with Gasteiger partial charge < -0.3 is 9.32 Å². The number of hydrogen-bond donors (Lipinski definition) is 0. The summed E-state index contributed by atoms with van der Waals surface area (Å²) in [5.41, 5.74) is -0.448. The lowest BCUT2D eigenvalue weighted by Crippen LogP contribution is -2.10. The molecule has 0 saturated heterocycles. The molecule has 0 N–H and O–H groups in total. The molecule has 0 aliphatic rings. The highest BCUT2D eigenvalue weighted by molar-refractivity contribution is 7.26. The molecule has 230 valence electrons. The van der Waals surface area contributed by atoms with E-state index >= 15 is 0 Å². The third-order valence-corrected chi connectivity index (χ3v) is 9.79. The van der Waals surface area contributed by atoms with Gasteiger partial charge in [0.15, 0.2) is 0 Å². The number of benzene rings is 8. The average molecular weight is 659 g/mol. The fourth-order valence-corrected chi connectivity index (χ4v) is 7.62. The topological polar surface area (TPSA) is 16.4 Å². The van der Waals surface area contributed by atoms with Gasteiger partial charge in [-0.25, -0.2) is 0 Å². The van der Waals surface area contributed by atoms with Gasteiger partial charge in [0, 0.05) is 43.7 Å². The number of hydrogen-bond acceptors (Lipinski definition) is 3. The Labute approximate surface area is 308 Å². The minimum atomic E-state index is -0.812. The summed E-state index contributed by atoms with van der Waals surface area (Å²) in [6.45, 7) is 0. The molecule has 2 heterocycles. The summed E-state index contributed by atoms with van der Waals surface area (Å²) in [5, 5.41) is 2.54. The maximum Gasteiger partial charge on any atom is 0.137 e. The summed E-state index contributed by atoms with van der Waals surface area (Å²) in [6.07, 6.45) is 0. The van der Waals surface area contributed by atoms with Crippen LogP contribution in [0, 0.1) is 0 Å². The lowest BCUT2D eigenvalue weighted by Gasteiger charge is -2.26. The molecule has 0 bridgehead atoms. The molecule has 3 heteroatoms. The molecule has 49 heavy (non-hydrogen) atoms. The molecule has 0 radical (unpaired) electrons. The van der Waals surface area contributed by atoms with Gasteiger partial charge in [-0.2, -0.15) is 0 Å². The first-order valence-corrected chi connectivity index (χ1v) is 16.2. The van der Waals surface area contributed by atoms with Crippen LogP contribution >= 0.6 is 11.3 Å². The van der Waals surface area contributed by atoms with Crippen molar-refractivity contribution in [3.05, 3.63) is 176 Å². The number of anilines is 3. The van der Waals surface area contributed by atoms with Gasteiger partial charge >= 0.3 is 0 Å². The predicted octanol–water partition coefficient (Wildman–Crippen LogP) is 13.9. The molecule has 10 rings (SSSR count). The van der Waals surface area contributed by atoms with E-state index in [0.29, 0.717) is 22.5 Å². The number of nitrogens with zero attached hydrogens (tertiary/aromatic N) is 1. The third-order valence-electron chi connectivity index (χ3n) is 8.58. The van der Waals surface area contributed by atoms with E-state index in [2.05, 4.69) is 0 Å². The SMILES string of the molecule is [2H]c1c([2H])c([2H])c(-c2c(-c3c([2H])c([2H])c(N(c4ccc5c(c4)oc4ccccc45)c4cccc5c4sc4ccccc45)c([2H])c3[2H])c([2H])c([2H])c3c([2H])c([2H])c([2H])c([2H])c23)c([2H])c1[2H]. The Kier molecular flexibility index (Phi) is 3.85. The Morgan fingerprint density at radius 2 is 1.27 bits per heavy atom. The summed E-state index contributed by atoms with van der Waals surface area (Å²) in [7, 11) is 0. The second kappa shape index (κ2) is 11.2. The zero-order valence-corrected chi connectivity index (χ0v) is 26.2. The number of furan rings is 1. The molecule has 0 amide bonds. The lowest BCUT2D eigenvalue weighted by atomic mass is 9.90. The van der Waals surface area contributed by atoms with Crippen molar-refractivity contribution in [1.82, 2.24) is 0 Å². The van der Waals surface area contributed by atoms with E-state index in [-0.39, 0.29) is 5.69 Å². The number of thiophene rings is 1. The monoisotopic (exact) mass is 658 g/mol. The van der Waals surface area contributed by atoms with Gasteiger partial charge in [-0.3, -0.25) is 0 Å². The van der Waals surface area contributed by atoms with Crippen molar-refractivity contribution in [3.8, 4) is 22.3 Å². The van der Waals surface area contributed by atoms with Crippen molar-refractivity contribution >= 4 is 81.3 Å². The Morgan fingerprint density at radius 3 is 2.16 bits per heavy atom. The Morgan fingerprint density at radius 1 is 0.510 bits per heavy atom. The molecule has 0 saturated carbocycles. The van der Waals surface area contributed by atoms with Crippen molar-refractivity contribution < 1.29 is 25.0 Å². The molecule has 0 atom stereocenters. The van der Waals surface area contributed by atoms with Crippen LogP contribution in [0.2, 0.25) is 0 Å². The van der Waals surface area contributed by atoms with Gasteiger partial charge in [-0.05, 0) is 75.4 Å². The van der Waals surface area contributed by atoms with Crippen molar-refractivity contribution in [3.63, 3.8) is 0 Å². The molecular weight excluding hydrogens is 615 g/mol. The Bertz CT molecular complexity index is 3650. The minimum Gasteiger partial charge on any atom is -0.456 e. The zero-order valence-electron chi connectivity index (χ0n) is 40.3. The minimum absolute atomic E-state index is 0.205. The molecular formula is C46H29NOS. The van der Waals surface area contributed by atoms with Crippen LogP contribution in [0.1, 0.15) is 20.6 Å². The Balaban J connectivity index is 1.34. The van der Waals surface area contributed by atoms with Crippen molar-refractivity contribution in [2.45, 2.75) is 0 Å². The Hall–Kier alpha value is -6.16. The number of fused-ring (bicyclic) bond motifs is 7. The molecule has 2 nitrogen and oxygen atoms in total. The maximum atomic E-state index is 9.76. The van der Waals surface area contributed by atoms with Gasteiger partial charge in [0.1, 0.15) is 11.2 Å². The fourth-order valence-electron chi connectivity index (χ4n) is 6.41. The molecule has 0 spiro atoms. The van der Waals surface area contributed by atoms with E-state index in [4.69, 9.17) is 18.1 Å². The largest absolute Gasteiger partial charge is 0.456 e. The van der Waals surface area contributed by atoms with E-state index in [1.807, 2.05) is 72.8 Å². The first-order chi connectivity index (χ1) is 30.5. The number of para-hydroxylation sites is 1. The van der Waals surface area contributed by atoms with Crippen LogP contribution in [-0.2, 0) is 0 Å². The summed E-state index contributed by atoms with van der Waals surface area (Å²) in [5.74, 6) is 0. The third kappa shape index (κ3) is 4.55. The fraction of sp³-hybridized carbons (Fsp3) is 0. The quantitative estimate of drug-likeness (QED) is 0.183. The van der Waals surface area contributed by atoms with Crippen LogP contribution in [0.25, 0.3) is 75.1 Å². The first-order valence-electron chi connectivity index (χ1n) is 22.9. The van der Waals surface area contributed by atoms with E-state index in [1.54, 1.807) is 17.0 Å². The van der Waals surface area contributed by atoms with Crippen molar-refractivity contribution in [1.29, 1.82) is 0 Å². The zero-order chi connectivity index (χ0) is 45.4. The van der Waals surface area contributed by atoms with Gasteiger partial charge in [-0.15, -0.1) is 11.3 Å². The molecule has 0 fully saturated rings. The average Bonchev–Trinajstić information content (AvgIpc) is 3.87. The summed E-state index contributed by atoms with van der Waals surface area (Å²) < 4.78 is 143. The lowest BCUT2D eigenvalue weighted by molar-refractivity contribution is 0.669. The maximum absolute atomic E-state index is 9.76. The number of rotatable bonds is 5. The highest BCUT2D eigenvalue weighted by atomic mass is 32.1. The molecule has 8 aromatic carbocycles. The van der Waals surface area contributed by atoms with Crippen LogP contribution in [0.4, 0.5) is 17.1 Å². The second-order valence-corrected chi connectivity index (χ2v) is 12.4. The summed E-state index contributed by atoms with van der Waals surface area (Å²) in [4.78, 5) is 1.61. The highest BCUT2D eigenvalue weighted by Gasteiger charge is 2.20. The molecule has 0 unspecified atom stereocenters. The van der Waals surface area contributed by atoms with Gasteiger partial charge in [0.25, 0.3) is 0 Å². The van der Waals surface area contributed by atoms with Crippen molar-refractivity contribution in [2.75, 3.05) is 4.90 Å². The molecule has 10 aromatic rings. The normalized spacial score (nSPS) is 16.0. The summed E-state index contributed by atoms with van der Waals surface area (Å²) >= 11 is 1.48. The van der Waals surface area contributed by atoms with Crippen LogP contribution < -0.4 is 4.90 Å². The molecule has 2 aromatic heterocycles. The van der Waals surface area contributed by atoms with Gasteiger partial charge in [-0.1, -0.05) is 127 Å². The van der Waals surface area contributed by atoms with E-state index in [0.717, 1.165) is 30.9 Å². The van der Waals surface area contributed by atoms with Gasteiger partial charge in [0.05, 0.1) is 30.9 Å². The highest BCUT2D eigenvalue weighted by Crippen LogP contribution is 2.46. The smallest absolute Gasteiger partial charge is 0.137 e. The first kappa shape index (κ1) is 16.8. The van der Waals surface area contributed by atoms with Crippen LogP contribution in [0.15, 0.2) is 180 Å². The molecule has 0 aliphatic heterocycles. The van der Waals surface area contributed by atoms with Gasteiger partial charge in [0.2, 0.25) is 0 Å². The second-order valence-electron chi connectivity index (χ2n) is 11.3. The van der Waals surface area contributed by atoms with Crippen LogP contribution in [0.5, 0.6) is 0 Å². The van der Waals surface area contributed by atoms with Crippen LogP contribution in [-0.4, -0.2) is 0 Å².